The van der Waals surface area contributed by atoms with Crippen molar-refractivity contribution >= 4 is 16.0 Å². The van der Waals surface area contributed by atoms with Crippen molar-refractivity contribution in [1.82, 2.24) is 10.6 Å². The van der Waals surface area contributed by atoms with Crippen molar-refractivity contribution in [2.24, 2.45) is 5.73 Å². The summed E-state index contributed by atoms with van der Waals surface area (Å²) in [7, 11) is -3.66. The van der Waals surface area contributed by atoms with Gasteiger partial charge in [0.05, 0.1) is 12.4 Å². The van der Waals surface area contributed by atoms with Crippen LogP contribution in [0.25, 0.3) is 0 Å². The molecule has 0 aromatic carbocycles. The highest BCUT2D eigenvalue weighted by molar-refractivity contribution is 7.85. The van der Waals surface area contributed by atoms with Crippen LogP contribution in [0.1, 0.15) is 6.92 Å². The number of primary amides is 1. The first-order valence-corrected chi connectivity index (χ1v) is 5.86. The van der Waals surface area contributed by atoms with Gasteiger partial charge in [-0.15, -0.1) is 0 Å². The molecule has 0 atom stereocenters. The van der Waals surface area contributed by atoms with Crippen LogP contribution in [-0.2, 0) is 14.9 Å². The topological polar surface area (TPSA) is 122 Å². The Balaban J connectivity index is 0.000000288. The Bertz CT molecular complexity index is 336. The third-order valence-electron chi connectivity index (χ3n) is 1.50. The number of nitrogens with one attached hydrogen (secondary N) is 2. The molecule has 1 aliphatic heterocycles. The molecule has 0 bridgehead atoms. The lowest BCUT2D eigenvalue weighted by Crippen LogP contribution is -2.36. The van der Waals surface area contributed by atoms with E-state index >= 15 is 0 Å². The first kappa shape index (κ1) is 13.9. The molecular weight excluding hydrogens is 222 g/mol. The van der Waals surface area contributed by atoms with Gasteiger partial charge in [-0.2, -0.15) is 8.42 Å². The summed E-state index contributed by atoms with van der Waals surface area (Å²) in [6, 6.07) is 0. The van der Waals surface area contributed by atoms with Crippen molar-refractivity contribution in [3.63, 3.8) is 0 Å². The molecule has 0 fully saturated rings. The van der Waals surface area contributed by atoms with Gasteiger partial charge in [-0.3, -0.25) is 14.7 Å². The summed E-state index contributed by atoms with van der Waals surface area (Å²) in [6.07, 6.45) is 1.64. The van der Waals surface area contributed by atoms with Crippen LogP contribution in [0.3, 0.4) is 0 Å². The molecule has 0 unspecified atom stereocenters. The van der Waals surface area contributed by atoms with E-state index in [9.17, 15) is 13.2 Å². The van der Waals surface area contributed by atoms with Gasteiger partial charge in [0.1, 0.15) is 0 Å². The number of hydrogen-bond acceptors (Lipinski definition) is 5. The van der Waals surface area contributed by atoms with Crippen molar-refractivity contribution in [2.75, 3.05) is 19.0 Å². The zero-order valence-electron chi connectivity index (χ0n) is 8.36. The van der Waals surface area contributed by atoms with Gasteiger partial charge in [0.2, 0.25) is 5.91 Å². The van der Waals surface area contributed by atoms with E-state index in [-0.39, 0.29) is 11.7 Å². The molecule has 7 nitrogen and oxygen atoms in total. The Labute approximate surface area is 88.5 Å². The smallest absolute Gasteiger partial charge is 0.264 e. The Morgan fingerprint density at radius 2 is 2.20 bits per heavy atom. The van der Waals surface area contributed by atoms with Gasteiger partial charge >= 0.3 is 0 Å². The highest BCUT2D eigenvalue weighted by atomic mass is 32.2. The Morgan fingerprint density at radius 1 is 1.67 bits per heavy atom. The summed E-state index contributed by atoms with van der Waals surface area (Å²) >= 11 is 0. The first-order valence-electron chi connectivity index (χ1n) is 4.25. The van der Waals surface area contributed by atoms with Crippen LogP contribution in [0, 0.1) is 0 Å². The van der Waals surface area contributed by atoms with Crippen molar-refractivity contribution in [1.29, 1.82) is 0 Å². The van der Waals surface area contributed by atoms with Crippen molar-refractivity contribution in [2.45, 2.75) is 6.92 Å². The lowest BCUT2D eigenvalue weighted by atomic mass is 10.2. The second-order valence-corrected chi connectivity index (χ2v) is 4.45. The van der Waals surface area contributed by atoms with Crippen LogP contribution in [0.15, 0.2) is 11.8 Å². The van der Waals surface area contributed by atoms with Gasteiger partial charge in [-0.1, -0.05) is 0 Å². The van der Waals surface area contributed by atoms with Gasteiger partial charge < -0.3 is 11.1 Å². The van der Waals surface area contributed by atoms with E-state index in [1.54, 1.807) is 6.20 Å². The molecule has 0 aliphatic carbocycles. The molecule has 0 radical (unpaired) electrons. The summed E-state index contributed by atoms with van der Waals surface area (Å²) in [5.74, 6) is -0.567. The number of nitrogens with two attached hydrogens (primary N) is 1. The number of rotatable bonds is 2. The maximum atomic E-state index is 10.4. The molecule has 88 valence electrons. The molecule has 0 aromatic heterocycles. The quantitative estimate of drug-likeness (QED) is 0.429. The summed E-state index contributed by atoms with van der Waals surface area (Å²) in [5.41, 5.74) is 5.58. The fourth-order valence-electron chi connectivity index (χ4n) is 0.653. The maximum Gasteiger partial charge on any atom is 0.264 e. The van der Waals surface area contributed by atoms with Crippen LogP contribution < -0.4 is 16.4 Å². The van der Waals surface area contributed by atoms with E-state index in [1.165, 1.54) is 6.92 Å². The molecule has 0 aromatic rings. The molecule has 1 amide bonds. The Kier molecular flexibility index (Phi) is 5.90. The van der Waals surface area contributed by atoms with E-state index in [0.717, 1.165) is 0 Å². The second kappa shape index (κ2) is 6.38. The summed E-state index contributed by atoms with van der Waals surface area (Å²) in [4.78, 5) is 10.4. The van der Waals surface area contributed by atoms with Crippen LogP contribution in [0.4, 0.5) is 0 Å². The predicted octanol–water partition coefficient (Wildman–Crippen LogP) is -1.60. The molecule has 1 heterocycles. The molecule has 1 rings (SSSR count). The van der Waals surface area contributed by atoms with Crippen molar-refractivity contribution < 1.29 is 17.8 Å². The van der Waals surface area contributed by atoms with Gasteiger partial charge in [0.15, 0.2) is 0 Å². The summed E-state index contributed by atoms with van der Waals surface area (Å²) in [6.45, 7) is 2.65. The largest absolute Gasteiger partial charge is 0.378 e. The van der Waals surface area contributed by atoms with Gasteiger partial charge in [0.25, 0.3) is 10.1 Å². The minimum absolute atomic E-state index is 0.201. The fourth-order valence-corrected chi connectivity index (χ4v) is 0.653. The van der Waals surface area contributed by atoms with Crippen LogP contribution in [0.5, 0.6) is 0 Å². The zero-order valence-corrected chi connectivity index (χ0v) is 9.17. The minimum Gasteiger partial charge on any atom is -0.378 e. The first-order chi connectivity index (χ1) is 6.87. The Morgan fingerprint density at radius 3 is 2.40 bits per heavy atom. The lowest BCUT2D eigenvalue weighted by Gasteiger charge is -2.12. The second-order valence-electron chi connectivity index (χ2n) is 2.71. The fraction of sp³-hybridized carbons (Fsp3) is 0.571. The Hall–Kier alpha value is -1.12. The van der Waals surface area contributed by atoms with Gasteiger partial charge in [0, 0.05) is 18.3 Å². The normalized spacial score (nSPS) is 15.5. The number of hydrogen-bond donors (Lipinski definition) is 4. The SMILES string of the molecule is CCS(=O)(=O)O.NC(=O)C1=CNCNC1. The van der Waals surface area contributed by atoms with Crippen molar-refractivity contribution in [3.8, 4) is 0 Å². The summed E-state index contributed by atoms with van der Waals surface area (Å²) < 4.78 is 26.9. The highest BCUT2D eigenvalue weighted by Crippen LogP contribution is 1.90. The average Bonchev–Trinajstić information content (AvgIpc) is 2.19. The third kappa shape index (κ3) is 7.91. The van der Waals surface area contributed by atoms with E-state index in [0.29, 0.717) is 18.8 Å². The molecule has 8 heteroatoms. The number of amides is 1. The molecule has 0 saturated heterocycles. The van der Waals surface area contributed by atoms with E-state index < -0.39 is 10.1 Å². The number of carbonyl (C=O) groups excluding carboxylic acids is 1. The van der Waals surface area contributed by atoms with Gasteiger partial charge in [-0.05, 0) is 6.92 Å². The van der Waals surface area contributed by atoms with E-state index in [2.05, 4.69) is 10.6 Å². The van der Waals surface area contributed by atoms with Crippen LogP contribution in [-0.4, -0.2) is 37.8 Å². The molecule has 0 spiro atoms. The molecule has 15 heavy (non-hydrogen) atoms. The lowest BCUT2D eigenvalue weighted by molar-refractivity contribution is -0.114. The molecular formula is C7H15N3O4S. The standard InChI is InChI=1S/C5H9N3O.C2H6O3S/c6-5(9)4-1-7-3-8-2-4;1-2-6(3,4)5/h1,7-8H,2-3H2,(H2,6,9);2H2,1H3,(H,3,4,5). The maximum absolute atomic E-state index is 10.4. The zero-order chi connectivity index (χ0) is 11.9. The highest BCUT2D eigenvalue weighted by Gasteiger charge is 2.05. The monoisotopic (exact) mass is 237 g/mol. The predicted molar refractivity (Wildman–Crippen MR) is 55.4 cm³/mol. The molecule has 0 saturated carbocycles. The van der Waals surface area contributed by atoms with Crippen molar-refractivity contribution in [3.05, 3.63) is 11.8 Å². The summed E-state index contributed by atoms with van der Waals surface area (Å²) in [5, 5.41) is 5.78. The van der Waals surface area contributed by atoms with E-state index in [1.807, 2.05) is 0 Å². The molecule has 5 N–H and O–H groups in total. The minimum atomic E-state index is -3.66. The van der Waals surface area contributed by atoms with E-state index in [4.69, 9.17) is 10.3 Å². The third-order valence-corrected chi connectivity index (χ3v) is 2.23. The average molecular weight is 237 g/mol. The molecule has 1 aliphatic rings. The number of carbonyl (C=O) groups is 1. The van der Waals surface area contributed by atoms with Gasteiger partial charge in [-0.25, -0.2) is 0 Å². The van der Waals surface area contributed by atoms with Crippen LogP contribution in [0.2, 0.25) is 0 Å². The van der Waals surface area contributed by atoms with Crippen LogP contribution >= 0.6 is 0 Å².